The Bertz CT molecular complexity index is 411. The fourth-order valence-corrected chi connectivity index (χ4v) is 1.37. The van der Waals surface area contributed by atoms with E-state index < -0.39 is 11.8 Å². The number of hydrogen-bond acceptors (Lipinski definition) is 4. The number of hydrogen-bond donors (Lipinski definition) is 1. The molecule has 1 aromatic carbocycles. The predicted octanol–water partition coefficient (Wildman–Crippen LogP) is 1.28. The first-order chi connectivity index (χ1) is 7.51. The van der Waals surface area contributed by atoms with Gasteiger partial charge in [-0.1, -0.05) is 0 Å². The zero-order valence-corrected chi connectivity index (χ0v) is 9.23. The number of carbonyl (C=O) groups excluding carboxylic acids is 1. The highest BCUT2D eigenvalue weighted by atomic mass is 16.5. The van der Waals surface area contributed by atoms with Crippen molar-refractivity contribution < 1.29 is 24.2 Å². The van der Waals surface area contributed by atoms with Gasteiger partial charge < -0.3 is 14.6 Å². The summed E-state index contributed by atoms with van der Waals surface area (Å²) in [5.74, 6) is -2.19. The van der Waals surface area contributed by atoms with Gasteiger partial charge in [0.25, 0.3) is 5.78 Å². The Morgan fingerprint density at radius 3 is 1.88 bits per heavy atom. The van der Waals surface area contributed by atoms with Gasteiger partial charge in [-0.15, -0.1) is 0 Å². The van der Waals surface area contributed by atoms with E-state index in [1.807, 2.05) is 0 Å². The number of carboxylic acids is 1. The number of carbonyl (C=O) groups is 2. The molecule has 0 aliphatic rings. The number of carboxylic acid groups (broad SMARTS) is 1. The van der Waals surface area contributed by atoms with Crippen LogP contribution in [0.3, 0.4) is 0 Å². The first-order valence-electron chi connectivity index (χ1n) is 4.51. The third-order valence-corrected chi connectivity index (χ3v) is 2.07. The van der Waals surface area contributed by atoms with Gasteiger partial charge in [0.05, 0.1) is 14.2 Å². The molecule has 0 aromatic heterocycles. The second-order valence-corrected chi connectivity index (χ2v) is 3.18. The molecule has 86 valence electrons. The second-order valence-electron chi connectivity index (χ2n) is 3.18. The fraction of sp³-hybridized carbons (Fsp3) is 0.273. The lowest BCUT2D eigenvalue weighted by atomic mass is 10.1. The van der Waals surface area contributed by atoms with Crippen molar-refractivity contribution in [3.63, 3.8) is 0 Å². The van der Waals surface area contributed by atoms with Crippen LogP contribution in [0.1, 0.15) is 15.9 Å². The minimum Gasteiger partial charge on any atom is -0.496 e. The number of ketones is 1. The molecule has 0 saturated carbocycles. The molecule has 0 amide bonds. The van der Waals surface area contributed by atoms with Crippen LogP contribution in [-0.4, -0.2) is 31.1 Å². The van der Waals surface area contributed by atoms with Crippen LogP contribution in [0, 0.1) is 6.92 Å². The SMILES string of the molecule is COc1cc(C)cc(OC)c1C(=O)C(=O)O. The summed E-state index contributed by atoms with van der Waals surface area (Å²) in [4.78, 5) is 22.1. The lowest BCUT2D eigenvalue weighted by Gasteiger charge is -2.11. The Labute approximate surface area is 92.6 Å². The first-order valence-corrected chi connectivity index (χ1v) is 4.51. The Morgan fingerprint density at radius 2 is 1.56 bits per heavy atom. The topological polar surface area (TPSA) is 72.8 Å². The molecule has 1 aromatic rings. The minimum absolute atomic E-state index is 0.0666. The number of ether oxygens (including phenoxy) is 2. The maximum absolute atomic E-state index is 11.5. The van der Waals surface area contributed by atoms with Crippen molar-refractivity contribution >= 4 is 11.8 Å². The average Bonchev–Trinajstić information content (AvgIpc) is 2.26. The van der Waals surface area contributed by atoms with Gasteiger partial charge >= 0.3 is 5.97 Å². The first kappa shape index (κ1) is 12.0. The Kier molecular flexibility index (Phi) is 3.50. The summed E-state index contributed by atoms with van der Waals surface area (Å²) < 4.78 is 9.95. The Hall–Kier alpha value is -2.04. The molecule has 0 spiro atoms. The number of rotatable bonds is 4. The van der Waals surface area contributed by atoms with Gasteiger partial charge in [0.1, 0.15) is 17.1 Å². The molecule has 0 aliphatic carbocycles. The lowest BCUT2D eigenvalue weighted by molar-refractivity contribution is -0.131. The maximum atomic E-state index is 11.5. The summed E-state index contributed by atoms with van der Waals surface area (Å²) in [5.41, 5.74) is 0.749. The third kappa shape index (κ3) is 2.13. The number of aliphatic carboxylic acids is 1. The highest BCUT2D eigenvalue weighted by Gasteiger charge is 2.24. The van der Waals surface area contributed by atoms with Crippen molar-refractivity contribution in [1.82, 2.24) is 0 Å². The van der Waals surface area contributed by atoms with E-state index in [0.29, 0.717) is 0 Å². The van der Waals surface area contributed by atoms with Crippen LogP contribution in [0.15, 0.2) is 12.1 Å². The standard InChI is InChI=1S/C11H12O5/c1-6-4-7(15-2)9(8(5-6)16-3)10(12)11(13)14/h4-5H,1-3H3,(H,13,14). The van der Waals surface area contributed by atoms with Crippen LogP contribution < -0.4 is 9.47 Å². The van der Waals surface area contributed by atoms with Crippen molar-refractivity contribution in [3.05, 3.63) is 23.3 Å². The highest BCUT2D eigenvalue weighted by Crippen LogP contribution is 2.30. The molecule has 0 aliphatic heterocycles. The summed E-state index contributed by atoms with van der Waals surface area (Å²) in [6, 6.07) is 3.16. The van der Waals surface area contributed by atoms with E-state index in [-0.39, 0.29) is 17.1 Å². The maximum Gasteiger partial charge on any atom is 0.377 e. The monoisotopic (exact) mass is 224 g/mol. The lowest BCUT2D eigenvalue weighted by Crippen LogP contribution is -2.15. The minimum atomic E-state index is -1.54. The van der Waals surface area contributed by atoms with E-state index in [4.69, 9.17) is 14.6 Å². The zero-order valence-electron chi connectivity index (χ0n) is 9.23. The number of aryl methyl sites for hydroxylation is 1. The summed E-state index contributed by atoms with van der Waals surface area (Å²) in [6.07, 6.45) is 0. The molecule has 0 saturated heterocycles. The molecule has 5 heteroatoms. The van der Waals surface area contributed by atoms with Crippen molar-refractivity contribution in [2.45, 2.75) is 6.92 Å². The van der Waals surface area contributed by atoms with Gasteiger partial charge in [0, 0.05) is 0 Å². The molecule has 0 radical (unpaired) electrons. The molecule has 16 heavy (non-hydrogen) atoms. The van der Waals surface area contributed by atoms with Crippen molar-refractivity contribution in [1.29, 1.82) is 0 Å². The largest absolute Gasteiger partial charge is 0.496 e. The Balaban J connectivity index is 3.44. The number of methoxy groups -OCH3 is 2. The second kappa shape index (κ2) is 4.65. The van der Waals surface area contributed by atoms with Gasteiger partial charge in [-0.05, 0) is 24.6 Å². The van der Waals surface area contributed by atoms with E-state index >= 15 is 0 Å². The Morgan fingerprint density at radius 1 is 1.12 bits per heavy atom. The third-order valence-electron chi connectivity index (χ3n) is 2.07. The van der Waals surface area contributed by atoms with Crippen LogP contribution in [-0.2, 0) is 4.79 Å². The summed E-state index contributed by atoms with van der Waals surface area (Å²) in [5, 5.41) is 8.68. The van der Waals surface area contributed by atoms with E-state index in [1.165, 1.54) is 14.2 Å². The van der Waals surface area contributed by atoms with Crippen molar-refractivity contribution in [3.8, 4) is 11.5 Å². The highest BCUT2D eigenvalue weighted by molar-refractivity contribution is 6.41. The summed E-state index contributed by atoms with van der Waals surface area (Å²) in [7, 11) is 2.74. The molecule has 5 nitrogen and oxygen atoms in total. The summed E-state index contributed by atoms with van der Waals surface area (Å²) >= 11 is 0. The van der Waals surface area contributed by atoms with Gasteiger partial charge in [-0.25, -0.2) is 4.79 Å². The molecule has 1 N–H and O–H groups in total. The number of Topliss-reactive ketones (excluding diaryl/α,β-unsaturated/α-hetero) is 1. The fourth-order valence-electron chi connectivity index (χ4n) is 1.37. The van der Waals surface area contributed by atoms with Crippen LogP contribution in [0.25, 0.3) is 0 Å². The van der Waals surface area contributed by atoms with E-state index in [0.717, 1.165) is 5.56 Å². The van der Waals surface area contributed by atoms with Crippen molar-refractivity contribution in [2.24, 2.45) is 0 Å². The molecule has 1 rings (SSSR count). The van der Waals surface area contributed by atoms with Crippen LogP contribution in [0.4, 0.5) is 0 Å². The van der Waals surface area contributed by atoms with Gasteiger partial charge in [-0.2, -0.15) is 0 Å². The van der Waals surface area contributed by atoms with Gasteiger partial charge in [-0.3, -0.25) is 4.79 Å². The van der Waals surface area contributed by atoms with Gasteiger partial charge in [0.2, 0.25) is 0 Å². The van der Waals surface area contributed by atoms with Crippen LogP contribution in [0.5, 0.6) is 11.5 Å². The quantitative estimate of drug-likeness (QED) is 0.616. The van der Waals surface area contributed by atoms with Crippen LogP contribution in [0.2, 0.25) is 0 Å². The molecule has 0 fully saturated rings. The molecule has 0 atom stereocenters. The number of benzene rings is 1. The van der Waals surface area contributed by atoms with Gasteiger partial charge in [0.15, 0.2) is 0 Å². The van der Waals surface area contributed by atoms with Crippen molar-refractivity contribution in [2.75, 3.05) is 14.2 Å². The molecule has 0 bridgehead atoms. The smallest absolute Gasteiger partial charge is 0.377 e. The molecule has 0 unspecified atom stereocenters. The molecule has 0 heterocycles. The normalized spacial score (nSPS) is 9.69. The zero-order chi connectivity index (χ0) is 12.3. The summed E-state index contributed by atoms with van der Waals surface area (Å²) in [6.45, 7) is 1.79. The molecular weight excluding hydrogens is 212 g/mol. The van der Waals surface area contributed by atoms with E-state index in [2.05, 4.69) is 0 Å². The molecular formula is C11H12O5. The average molecular weight is 224 g/mol. The van der Waals surface area contributed by atoms with E-state index in [9.17, 15) is 9.59 Å². The van der Waals surface area contributed by atoms with E-state index in [1.54, 1.807) is 19.1 Å². The van der Waals surface area contributed by atoms with Crippen LogP contribution >= 0.6 is 0 Å². The predicted molar refractivity (Wildman–Crippen MR) is 56.2 cm³/mol.